The molecule has 7 heteroatoms. The van der Waals surface area contributed by atoms with E-state index in [1.807, 2.05) is 6.07 Å². The molecular weight excluding hydrogens is 417 g/mol. The van der Waals surface area contributed by atoms with Crippen molar-refractivity contribution in [2.24, 2.45) is 10.8 Å². The Morgan fingerprint density at radius 1 is 1.29 bits per heavy atom. The fourth-order valence-corrected chi connectivity index (χ4v) is 2.75. The van der Waals surface area contributed by atoms with E-state index in [0.717, 1.165) is 18.7 Å². The lowest BCUT2D eigenvalue weighted by molar-refractivity contribution is 0.220. The second kappa shape index (κ2) is 12.3. The van der Waals surface area contributed by atoms with Crippen LogP contribution in [0.15, 0.2) is 29.3 Å². The molecule has 0 radical (unpaired) electrons. The van der Waals surface area contributed by atoms with Gasteiger partial charge in [0.05, 0.1) is 6.61 Å². The fraction of sp³-hybridized carbons (Fsp3) is 0.588. The maximum absolute atomic E-state index is 5.83. The number of nitrogens with one attached hydrogen (secondary N) is 2. The number of guanidine groups is 1. The molecule has 0 spiro atoms. The summed E-state index contributed by atoms with van der Waals surface area (Å²) in [6, 6.07) is 8.42. The molecule has 1 heterocycles. The zero-order valence-electron chi connectivity index (χ0n) is 14.5. The van der Waals surface area contributed by atoms with Crippen molar-refractivity contribution in [1.82, 2.24) is 15.6 Å². The number of piperidine rings is 1. The van der Waals surface area contributed by atoms with Crippen LogP contribution in [0.3, 0.4) is 0 Å². The Balaban J connectivity index is 0.00000288. The average Bonchev–Trinajstić information content (AvgIpc) is 2.59. The van der Waals surface area contributed by atoms with Gasteiger partial charge < -0.3 is 10.1 Å². The normalized spacial score (nSPS) is 15.5. The largest absolute Gasteiger partial charge is 0.494 e. The van der Waals surface area contributed by atoms with Gasteiger partial charge in [0.1, 0.15) is 5.75 Å². The third-order valence-corrected chi connectivity index (χ3v) is 3.97. The SMILES string of the molecule is CN/C(=N/CCCOc1cccc(CN2CCCCC2)c1)NN.I. The lowest BCUT2D eigenvalue weighted by Gasteiger charge is -2.26. The Morgan fingerprint density at radius 3 is 2.79 bits per heavy atom. The van der Waals surface area contributed by atoms with Crippen LogP contribution < -0.4 is 21.3 Å². The summed E-state index contributed by atoms with van der Waals surface area (Å²) in [5.74, 6) is 6.83. The van der Waals surface area contributed by atoms with Gasteiger partial charge in [-0.3, -0.25) is 15.3 Å². The molecule has 0 bridgehead atoms. The van der Waals surface area contributed by atoms with Gasteiger partial charge in [-0.05, 0) is 43.6 Å². The standard InChI is InChI=1S/C17H29N5O.HI/c1-19-17(21-18)20-9-6-12-23-16-8-5-7-15(13-16)14-22-10-3-2-4-11-22;/h5,7-8,13H,2-4,6,9-12,14,18H2,1H3,(H2,19,20,21);1H. The molecule has 1 saturated heterocycles. The smallest absolute Gasteiger partial charge is 0.205 e. The van der Waals surface area contributed by atoms with Gasteiger partial charge >= 0.3 is 0 Å². The molecule has 0 aromatic heterocycles. The van der Waals surface area contributed by atoms with E-state index in [1.165, 1.54) is 37.9 Å². The fourth-order valence-electron chi connectivity index (χ4n) is 2.75. The molecule has 24 heavy (non-hydrogen) atoms. The van der Waals surface area contributed by atoms with Crippen LogP contribution in [0.4, 0.5) is 0 Å². The van der Waals surface area contributed by atoms with Crippen molar-refractivity contribution < 1.29 is 4.74 Å². The summed E-state index contributed by atoms with van der Waals surface area (Å²) in [7, 11) is 1.78. The van der Waals surface area contributed by atoms with Gasteiger partial charge in [0.15, 0.2) is 0 Å². The number of benzene rings is 1. The molecule has 2 rings (SSSR count). The Kier molecular flexibility index (Phi) is 10.8. The van der Waals surface area contributed by atoms with E-state index in [2.05, 4.69) is 38.8 Å². The zero-order valence-corrected chi connectivity index (χ0v) is 16.8. The topological polar surface area (TPSA) is 74.9 Å². The number of nitrogens with two attached hydrogens (primary N) is 1. The minimum atomic E-state index is 0. The van der Waals surface area contributed by atoms with Crippen LogP contribution in [0.25, 0.3) is 0 Å². The van der Waals surface area contributed by atoms with Crippen LogP contribution in [-0.2, 0) is 6.54 Å². The lowest BCUT2D eigenvalue weighted by Crippen LogP contribution is -2.39. The Hall–Kier alpha value is -1.06. The van der Waals surface area contributed by atoms with Gasteiger partial charge in [0.25, 0.3) is 0 Å². The predicted octanol–water partition coefficient (Wildman–Crippen LogP) is 2.10. The molecule has 136 valence electrons. The van der Waals surface area contributed by atoms with E-state index in [9.17, 15) is 0 Å². The summed E-state index contributed by atoms with van der Waals surface area (Å²) in [6.45, 7) is 4.78. The minimum absolute atomic E-state index is 0. The number of halogens is 1. The van der Waals surface area contributed by atoms with E-state index >= 15 is 0 Å². The van der Waals surface area contributed by atoms with Gasteiger partial charge in [-0.1, -0.05) is 18.6 Å². The summed E-state index contributed by atoms with van der Waals surface area (Å²) < 4.78 is 5.83. The van der Waals surface area contributed by atoms with Crippen molar-refractivity contribution in [2.75, 3.05) is 33.3 Å². The first kappa shape index (κ1) is 21.0. The van der Waals surface area contributed by atoms with Gasteiger partial charge in [0.2, 0.25) is 5.96 Å². The molecular formula is C17H30IN5O. The number of ether oxygens (including phenoxy) is 1. The quantitative estimate of drug-likeness (QED) is 0.149. The molecule has 1 aliphatic heterocycles. The average molecular weight is 447 g/mol. The molecule has 1 aliphatic rings. The highest BCUT2D eigenvalue weighted by molar-refractivity contribution is 14.0. The van der Waals surface area contributed by atoms with Crippen molar-refractivity contribution in [3.05, 3.63) is 29.8 Å². The molecule has 1 fully saturated rings. The third kappa shape index (κ3) is 7.67. The van der Waals surface area contributed by atoms with Crippen molar-refractivity contribution >= 4 is 29.9 Å². The maximum Gasteiger partial charge on any atom is 0.205 e. The Morgan fingerprint density at radius 2 is 2.08 bits per heavy atom. The highest BCUT2D eigenvalue weighted by Crippen LogP contribution is 2.17. The van der Waals surface area contributed by atoms with E-state index in [1.54, 1.807) is 7.05 Å². The van der Waals surface area contributed by atoms with Crippen molar-refractivity contribution in [1.29, 1.82) is 0 Å². The molecule has 0 unspecified atom stereocenters. The number of aliphatic imine (C=N–C) groups is 1. The Labute approximate surface area is 162 Å². The number of rotatable bonds is 7. The third-order valence-electron chi connectivity index (χ3n) is 3.97. The molecule has 1 aromatic rings. The molecule has 6 nitrogen and oxygen atoms in total. The second-order valence-electron chi connectivity index (χ2n) is 5.81. The van der Waals surface area contributed by atoms with Gasteiger partial charge in [-0.15, -0.1) is 24.0 Å². The first-order valence-electron chi connectivity index (χ1n) is 8.44. The van der Waals surface area contributed by atoms with Crippen LogP contribution in [-0.4, -0.2) is 44.1 Å². The van der Waals surface area contributed by atoms with Crippen LogP contribution in [0.2, 0.25) is 0 Å². The predicted molar refractivity (Wildman–Crippen MR) is 110 cm³/mol. The second-order valence-corrected chi connectivity index (χ2v) is 5.81. The molecule has 0 amide bonds. The molecule has 0 saturated carbocycles. The number of hydrazine groups is 1. The summed E-state index contributed by atoms with van der Waals surface area (Å²) in [4.78, 5) is 6.79. The molecule has 1 aromatic carbocycles. The van der Waals surface area contributed by atoms with Crippen molar-refractivity contribution in [3.8, 4) is 5.75 Å². The van der Waals surface area contributed by atoms with Crippen LogP contribution in [0.5, 0.6) is 5.75 Å². The van der Waals surface area contributed by atoms with E-state index in [0.29, 0.717) is 19.1 Å². The van der Waals surface area contributed by atoms with E-state index in [-0.39, 0.29) is 24.0 Å². The van der Waals surface area contributed by atoms with Crippen LogP contribution in [0, 0.1) is 0 Å². The monoisotopic (exact) mass is 447 g/mol. The lowest BCUT2D eigenvalue weighted by atomic mass is 10.1. The first-order valence-corrected chi connectivity index (χ1v) is 8.44. The van der Waals surface area contributed by atoms with Gasteiger partial charge in [-0.25, -0.2) is 5.84 Å². The molecule has 0 aliphatic carbocycles. The zero-order chi connectivity index (χ0) is 16.3. The van der Waals surface area contributed by atoms with E-state index in [4.69, 9.17) is 10.6 Å². The summed E-state index contributed by atoms with van der Waals surface area (Å²) in [6.07, 6.45) is 4.87. The molecule has 0 atom stereocenters. The number of nitrogens with zero attached hydrogens (tertiary/aromatic N) is 2. The van der Waals surface area contributed by atoms with Gasteiger partial charge in [0, 0.05) is 26.6 Å². The van der Waals surface area contributed by atoms with Crippen molar-refractivity contribution in [2.45, 2.75) is 32.2 Å². The molecule has 4 N–H and O–H groups in total. The highest BCUT2D eigenvalue weighted by atomic mass is 127. The first-order chi connectivity index (χ1) is 11.3. The minimum Gasteiger partial charge on any atom is -0.494 e. The van der Waals surface area contributed by atoms with Crippen LogP contribution in [0.1, 0.15) is 31.2 Å². The van der Waals surface area contributed by atoms with Gasteiger partial charge in [-0.2, -0.15) is 0 Å². The maximum atomic E-state index is 5.83. The summed E-state index contributed by atoms with van der Waals surface area (Å²) in [5.41, 5.74) is 3.83. The van der Waals surface area contributed by atoms with E-state index < -0.39 is 0 Å². The summed E-state index contributed by atoms with van der Waals surface area (Å²) in [5, 5.41) is 2.87. The summed E-state index contributed by atoms with van der Waals surface area (Å²) >= 11 is 0. The van der Waals surface area contributed by atoms with Crippen molar-refractivity contribution in [3.63, 3.8) is 0 Å². The van der Waals surface area contributed by atoms with Crippen LogP contribution >= 0.6 is 24.0 Å². The number of hydrogen-bond donors (Lipinski definition) is 3. The number of hydrogen-bond acceptors (Lipinski definition) is 4. The highest BCUT2D eigenvalue weighted by Gasteiger charge is 2.10. The Bertz CT molecular complexity index is 486. The number of likely N-dealkylation sites (tertiary alicyclic amines) is 1.